The minimum absolute atomic E-state index is 1.36. The van der Waals surface area contributed by atoms with Gasteiger partial charge < -0.3 is 0 Å². The predicted molar refractivity (Wildman–Crippen MR) is 113 cm³/mol. The first-order valence-electron chi connectivity index (χ1n) is 9.91. The Morgan fingerprint density at radius 1 is 0.364 bits per heavy atom. The van der Waals surface area contributed by atoms with Gasteiger partial charge in [0.25, 0.3) is 0 Å². The second-order valence-electron chi connectivity index (χ2n) is 2.86. The predicted octanol–water partition coefficient (Wildman–Crippen LogP) is 9.40. The van der Waals surface area contributed by atoms with Gasteiger partial charge in [0.1, 0.15) is 0 Å². The van der Waals surface area contributed by atoms with E-state index in [4.69, 9.17) is 0 Å². The van der Waals surface area contributed by atoms with E-state index in [-0.39, 0.29) is 0 Å². The highest BCUT2D eigenvalue weighted by Gasteiger charge is 1.75. The van der Waals surface area contributed by atoms with Crippen LogP contribution in [0.15, 0.2) is 36.4 Å². The summed E-state index contributed by atoms with van der Waals surface area (Å²) in [5.74, 6) is 0. The van der Waals surface area contributed by atoms with Gasteiger partial charge in [0, 0.05) is 0 Å². The van der Waals surface area contributed by atoms with Crippen molar-refractivity contribution in [3.05, 3.63) is 36.4 Å². The standard InChI is InChI=1S/C6H6.C6H14.5C2H6/c1-2-4-6-5-3-1;1-3-5-6-4-2;5*1-2/h1-6H;3-6H2,1-2H3;5*1-2H3. The van der Waals surface area contributed by atoms with Crippen molar-refractivity contribution in [2.24, 2.45) is 0 Å². The molecule has 1 rings (SSSR count). The van der Waals surface area contributed by atoms with E-state index < -0.39 is 0 Å². The molecule has 0 aliphatic heterocycles. The van der Waals surface area contributed by atoms with Crippen molar-refractivity contribution in [3.63, 3.8) is 0 Å². The molecule has 22 heavy (non-hydrogen) atoms. The summed E-state index contributed by atoms with van der Waals surface area (Å²) in [5, 5.41) is 0. The third-order valence-electron chi connectivity index (χ3n) is 1.62. The Labute approximate surface area is 145 Å². The van der Waals surface area contributed by atoms with E-state index in [2.05, 4.69) is 13.8 Å². The average Bonchev–Trinajstić information content (AvgIpc) is 2.70. The van der Waals surface area contributed by atoms with Crippen LogP contribution >= 0.6 is 0 Å². The van der Waals surface area contributed by atoms with Gasteiger partial charge in [-0.15, -0.1) is 0 Å². The lowest BCUT2D eigenvalue weighted by atomic mass is 10.2. The molecule has 0 bridgehead atoms. The summed E-state index contributed by atoms with van der Waals surface area (Å²) in [6.07, 6.45) is 5.54. The highest BCUT2D eigenvalue weighted by molar-refractivity contribution is 4.99. The van der Waals surface area contributed by atoms with E-state index in [9.17, 15) is 0 Å². The van der Waals surface area contributed by atoms with Crippen molar-refractivity contribution in [1.82, 2.24) is 0 Å². The molecule has 0 saturated heterocycles. The zero-order valence-corrected chi connectivity index (χ0v) is 18.3. The van der Waals surface area contributed by atoms with Crippen molar-refractivity contribution in [3.8, 4) is 0 Å². The molecular formula is C22H50. The third-order valence-corrected chi connectivity index (χ3v) is 1.62. The summed E-state index contributed by atoms with van der Waals surface area (Å²) in [7, 11) is 0. The second kappa shape index (κ2) is 87.9. The Kier molecular flexibility index (Phi) is 150. The minimum Gasteiger partial charge on any atom is -0.0683 e. The molecule has 0 N–H and O–H groups in total. The highest BCUT2D eigenvalue weighted by atomic mass is 13.8. The van der Waals surface area contributed by atoms with Crippen LogP contribution in [0.25, 0.3) is 0 Å². The maximum Gasteiger partial charge on any atom is -0.0536 e. The fourth-order valence-electron chi connectivity index (χ4n) is 0.885. The molecule has 0 fully saturated rings. The largest absolute Gasteiger partial charge is 0.0683 e. The zero-order chi connectivity index (χ0) is 19.1. The Bertz CT molecular complexity index is 113. The van der Waals surface area contributed by atoms with Crippen LogP contribution in [0, 0.1) is 0 Å². The lowest BCUT2D eigenvalue weighted by Gasteiger charge is -1.86. The smallest absolute Gasteiger partial charge is 0.0536 e. The lowest BCUT2D eigenvalue weighted by molar-refractivity contribution is 0.702. The maximum absolute atomic E-state index is 2.23. The van der Waals surface area contributed by atoms with Gasteiger partial charge in [-0.2, -0.15) is 0 Å². The maximum atomic E-state index is 2.23. The molecule has 0 radical (unpaired) electrons. The van der Waals surface area contributed by atoms with Gasteiger partial charge in [0.15, 0.2) is 0 Å². The fourth-order valence-corrected chi connectivity index (χ4v) is 0.885. The molecule has 1 aromatic carbocycles. The van der Waals surface area contributed by atoms with E-state index in [0.717, 1.165) is 0 Å². The molecule has 0 unspecified atom stereocenters. The second-order valence-corrected chi connectivity index (χ2v) is 2.86. The SMILES string of the molecule is CC.CC.CC.CC.CC.CCCCCC.c1ccccc1. The Morgan fingerprint density at radius 2 is 0.500 bits per heavy atom. The number of rotatable bonds is 3. The molecule has 0 aliphatic rings. The van der Waals surface area contributed by atoms with Gasteiger partial charge in [-0.3, -0.25) is 0 Å². The lowest BCUT2D eigenvalue weighted by Crippen LogP contribution is -1.66. The molecule has 0 aliphatic carbocycles. The molecule has 0 aromatic heterocycles. The molecule has 138 valence electrons. The molecule has 0 heterocycles. The van der Waals surface area contributed by atoms with Crippen LogP contribution in [0.1, 0.15) is 109 Å². The zero-order valence-electron chi connectivity index (χ0n) is 18.3. The van der Waals surface area contributed by atoms with Crippen LogP contribution < -0.4 is 0 Å². The summed E-state index contributed by atoms with van der Waals surface area (Å²) in [6.45, 7) is 24.5. The molecule has 0 amide bonds. The number of hydrogen-bond donors (Lipinski definition) is 0. The summed E-state index contributed by atoms with van der Waals surface area (Å²) in [5.41, 5.74) is 0. The summed E-state index contributed by atoms with van der Waals surface area (Å²) >= 11 is 0. The van der Waals surface area contributed by atoms with Gasteiger partial charge in [-0.1, -0.05) is 145 Å². The van der Waals surface area contributed by atoms with E-state index in [1.54, 1.807) is 0 Å². The topological polar surface area (TPSA) is 0 Å². The first-order valence-corrected chi connectivity index (χ1v) is 9.91. The minimum atomic E-state index is 1.36. The quantitative estimate of drug-likeness (QED) is 0.487. The van der Waals surface area contributed by atoms with Crippen LogP contribution in [0.3, 0.4) is 0 Å². The molecule has 1 aromatic rings. The van der Waals surface area contributed by atoms with E-state index in [1.165, 1.54) is 25.7 Å². The van der Waals surface area contributed by atoms with Crippen LogP contribution in [0.2, 0.25) is 0 Å². The van der Waals surface area contributed by atoms with Crippen LogP contribution in [0.4, 0.5) is 0 Å². The molecular weight excluding hydrogens is 264 g/mol. The third kappa shape index (κ3) is 94.4. The fraction of sp³-hybridized carbons (Fsp3) is 0.727. The van der Waals surface area contributed by atoms with Gasteiger partial charge in [-0.05, 0) is 0 Å². The monoisotopic (exact) mass is 314 g/mol. The molecule has 0 nitrogen and oxygen atoms in total. The Hall–Kier alpha value is -0.780. The van der Waals surface area contributed by atoms with E-state index >= 15 is 0 Å². The van der Waals surface area contributed by atoms with Gasteiger partial charge in [-0.25, -0.2) is 0 Å². The number of hydrogen-bond acceptors (Lipinski definition) is 0. The van der Waals surface area contributed by atoms with Gasteiger partial charge in [0.2, 0.25) is 0 Å². The van der Waals surface area contributed by atoms with Crippen LogP contribution in [-0.2, 0) is 0 Å². The molecule has 0 spiro atoms. The van der Waals surface area contributed by atoms with Crippen molar-refractivity contribution in [2.45, 2.75) is 109 Å². The summed E-state index contributed by atoms with van der Waals surface area (Å²) in [4.78, 5) is 0. The molecule has 0 saturated carbocycles. The molecule has 0 atom stereocenters. The Morgan fingerprint density at radius 3 is 0.591 bits per heavy atom. The molecule has 0 heteroatoms. The van der Waals surface area contributed by atoms with Crippen molar-refractivity contribution in [1.29, 1.82) is 0 Å². The normalized spacial score (nSPS) is 6.00. The highest BCUT2D eigenvalue weighted by Crippen LogP contribution is 1.95. The first-order chi connectivity index (χ1) is 10.9. The van der Waals surface area contributed by atoms with E-state index in [0.29, 0.717) is 0 Å². The van der Waals surface area contributed by atoms with Gasteiger partial charge in [0.05, 0.1) is 0 Å². The van der Waals surface area contributed by atoms with Crippen molar-refractivity contribution in [2.75, 3.05) is 0 Å². The van der Waals surface area contributed by atoms with E-state index in [1.807, 2.05) is 106 Å². The number of unbranched alkanes of at least 4 members (excludes halogenated alkanes) is 3. The Balaban J connectivity index is -0.0000000375. The summed E-state index contributed by atoms with van der Waals surface area (Å²) in [6, 6.07) is 12.0. The average molecular weight is 315 g/mol. The summed E-state index contributed by atoms with van der Waals surface area (Å²) < 4.78 is 0. The van der Waals surface area contributed by atoms with Gasteiger partial charge >= 0.3 is 0 Å². The first kappa shape index (κ1) is 37.5. The van der Waals surface area contributed by atoms with Crippen molar-refractivity contribution >= 4 is 0 Å². The van der Waals surface area contributed by atoms with Crippen LogP contribution in [0.5, 0.6) is 0 Å². The van der Waals surface area contributed by atoms with Crippen molar-refractivity contribution < 1.29 is 0 Å². The number of benzene rings is 1. The van der Waals surface area contributed by atoms with Crippen LogP contribution in [-0.4, -0.2) is 0 Å².